The van der Waals surface area contributed by atoms with Gasteiger partial charge in [0.1, 0.15) is 5.75 Å². The van der Waals surface area contributed by atoms with E-state index in [1.165, 1.54) is 10.6 Å². The van der Waals surface area contributed by atoms with E-state index in [-0.39, 0.29) is 6.04 Å². The average molecular weight is 313 g/mol. The molecule has 0 saturated carbocycles. The highest BCUT2D eigenvalue weighted by Crippen LogP contribution is 2.27. The number of nitrogen functional groups attached to an aromatic ring is 1. The van der Waals surface area contributed by atoms with Crippen LogP contribution in [0.3, 0.4) is 0 Å². The molecule has 7 heteroatoms. The zero-order chi connectivity index (χ0) is 15.5. The molecule has 2 rings (SSSR count). The number of nitrogens with two attached hydrogens (primary N) is 1. The van der Waals surface area contributed by atoms with Crippen LogP contribution in [0.5, 0.6) is 5.75 Å². The lowest BCUT2D eigenvalue weighted by atomic mass is 10.1. The van der Waals surface area contributed by atoms with E-state index in [0.717, 1.165) is 18.5 Å². The predicted molar refractivity (Wildman–Crippen MR) is 85.1 cm³/mol. The first-order chi connectivity index (χ1) is 9.90. The van der Waals surface area contributed by atoms with Crippen molar-refractivity contribution in [3.8, 4) is 5.75 Å². The Bertz CT molecular complexity index is 581. The predicted octanol–water partition coefficient (Wildman–Crippen LogP) is 1.50. The molecule has 1 heterocycles. The maximum atomic E-state index is 11.5. The van der Waals surface area contributed by atoms with E-state index in [1.54, 1.807) is 0 Å². The van der Waals surface area contributed by atoms with Crippen molar-refractivity contribution in [2.75, 3.05) is 37.0 Å². The number of sulfonamides is 1. The fourth-order valence-electron chi connectivity index (χ4n) is 2.47. The molecule has 1 aliphatic heterocycles. The zero-order valence-corrected chi connectivity index (χ0v) is 13.3. The lowest BCUT2D eigenvalue weighted by molar-refractivity contribution is 0.331. The molecule has 0 bridgehead atoms. The van der Waals surface area contributed by atoms with Gasteiger partial charge < -0.3 is 15.8 Å². The van der Waals surface area contributed by atoms with Gasteiger partial charge >= 0.3 is 0 Å². The van der Waals surface area contributed by atoms with Crippen LogP contribution in [-0.2, 0) is 10.0 Å². The average Bonchev–Trinajstić information content (AvgIpc) is 2.42. The topological polar surface area (TPSA) is 84.7 Å². The molecule has 1 fully saturated rings. The Hall–Kier alpha value is -1.47. The van der Waals surface area contributed by atoms with Crippen LogP contribution in [-0.4, -0.2) is 44.7 Å². The van der Waals surface area contributed by atoms with E-state index in [4.69, 9.17) is 10.5 Å². The first kappa shape index (κ1) is 15.9. The molecule has 0 spiro atoms. The third kappa shape index (κ3) is 4.25. The number of piperidine rings is 1. The van der Waals surface area contributed by atoms with E-state index >= 15 is 0 Å². The second kappa shape index (κ2) is 6.53. The van der Waals surface area contributed by atoms with Gasteiger partial charge in [-0.25, -0.2) is 12.7 Å². The van der Waals surface area contributed by atoms with E-state index in [9.17, 15) is 8.42 Å². The van der Waals surface area contributed by atoms with Crippen LogP contribution in [0.1, 0.15) is 19.8 Å². The van der Waals surface area contributed by atoms with E-state index in [1.807, 2.05) is 25.1 Å². The van der Waals surface area contributed by atoms with Gasteiger partial charge in [0.2, 0.25) is 10.0 Å². The molecular weight excluding hydrogens is 290 g/mol. The molecule has 21 heavy (non-hydrogen) atoms. The van der Waals surface area contributed by atoms with Crippen LogP contribution >= 0.6 is 0 Å². The lowest BCUT2D eigenvalue weighted by Gasteiger charge is -2.31. The molecular formula is C14H23N3O3S. The summed E-state index contributed by atoms with van der Waals surface area (Å²) in [5, 5.41) is 3.42. The molecule has 118 valence electrons. The SMILES string of the molecule is CCOc1cc(NC2CCN(S(C)(=O)=O)CC2)ccc1N. The maximum absolute atomic E-state index is 11.5. The minimum atomic E-state index is -3.07. The number of nitrogens with one attached hydrogen (secondary N) is 1. The van der Waals surface area contributed by atoms with Crippen LogP contribution in [0, 0.1) is 0 Å². The summed E-state index contributed by atoms with van der Waals surface area (Å²) in [7, 11) is -3.07. The molecule has 0 aromatic heterocycles. The van der Waals surface area contributed by atoms with Crippen LogP contribution in [0.25, 0.3) is 0 Å². The van der Waals surface area contributed by atoms with Crippen molar-refractivity contribution in [1.29, 1.82) is 0 Å². The molecule has 1 aliphatic rings. The summed E-state index contributed by atoms with van der Waals surface area (Å²) >= 11 is 0. The highest BCUT2D eigenvalue weighted by Gasteiger charge is 2.24. The first-order valence-corrected chi connectivity index (χ1v) is 8.99. The zero-order valence-electron chi connectivity index (χ0n) is 12.5. The van der Waals surface area contributed by atoms with Gasteiger partial charge in [0.15, 0.2) is 0 Å². The van der Waals surface area contributed by atoms with Gasteiger partial charge in [0.25, 0.3) is 0 Å². The number of hydrogen-bond donors (Lipinski definition) is 2. The second-order valence-corrected chi connectivity index (χ2v) is 7.25. The molecule has 1 aromatic carbocycles. The number of nitrogens with zero attached hydrogens (tertiary/aromatic N) is 1. The van der Waals surface area contributed by atoms with Gasteiger partial charge in [-0.05, 0) is 31.9 Å². The molecule has 0 amide bonds. The number of anilines is 2. The molecule has 1 aromatic rings. The number of hydrogen-bond acceptors (Lipinski definition) is 5. The third-order valence-electron chi connectivity index (χ3n) is 3.61. The third-order valence-corrected chi connectivity index (χ3v) is 4.91. The minimum Gasteiger partial charge on any atom is -0.492 e. The molecule has 0 unspecified atom stereocenters. The Morgan fingerprint density at radius 3 is 2.62 bits per heavy atom. The van der Waals surface area contributed by atoms with E-state index in [2.05, 4.69) is 5.32 Å². The summed E-state index contributed by atoms with van der Waals surface area (Å²) in [4.78, 5) is 0. The van der Waals surface area contributed by atoms with Gasteiger partial charge in [0.05, 0.1) is 18.6 Å². The molecule has 6 nitrogen and oxygen atoms in total. The van der Waals surface area contributed by atoms with Crippen molar-refractivity contribution in [3.63, 3.8) is 0 Å². The smallest absolute Gasteiger partial charge is 0.211 e. The Morgan fingerprint density at radius 2 is 2.05 bits per heavy atom. The minimum absolute atomic E-state index is 0.265. The Balaban J connectivity index is 1.96. The number of ether oxygens (including phenoxy) is 1. The van der Waals surface area contributed by atoms with E-state index in [0.29, 0.717) is 31.1 Å². The second-order valence-electron chi connectivity index (χ2n) is 5.27. The van der Waals surface area contributed by atoms with Crippen LogP contribution in [0.2, 0.25) is 0 Å². The Kier molecular flexibility index (Phi) is 4.95. The van der Waals surface area contributed by atoms with Gasteiger partial charge in [-0.1, -0.05) is 0 Å². The van der Waals surface area contributed by atoms with Crippen molar-refractivity contribution in [2.45, 2.75) is 25.8 Å². The normalized spacial score (nSPS) is 17.6. The summed E-state index contributed by atoms with van der Waals surface area (Å²) < 4.78 is 30.0. The largest absolute Gasteiger partial charge is 0.492 e. The fourth-order valence-corrected chi connectivity index (χ4v) is 3.35. The molecule has 1 saturated heterocycles. The van der Waals surface area contributed by atoms with Crippen LogP contribution in [0.15, 0.2) is 18.2 Å². The van der Waals surface area contributed by atoms with Gasteiger partial charge in [0, 0.05) is 30.9 Å². The Morgan fingerprint density at radius 1 is 1.38 bits per heavy atom. The van der Waals surface area contributed by atoms with Crippen LogP contribution < -0.4 is 15.8 Å². The summed E-state index contributed by atoms with van der Waals surface area (Å²) in [6.45, 7) is 3.61. The van der Waals surface area contributed by atoms with Crippen molar-refractivity contribution in [2.24, 2.45) is 0 Å². The van der Waals surface area contributed by atoms with Crippen molar-refractivity contribution in [3.05, 3.63) is 18.2 Å². The lowest BCUT2D eigenvalue weighted by Crippen LogP contribution is -2.41. The van der Waals surface area contributed by atoms with Crippen molar-refractivity contribution < 1.29 is 13.2 Å². The highest BCUT2D eigenvalue weighted by atomic mass is 32.2. The molecule has 3 N–H and O–H groups in total. The van der Waals surface area contributed by atoms with Crippen LogP contribution in [0.4, 0.5) is 11.4 Å². The Labute approximate surface area is 126 Å². The van der Waals surface area contributed by atoms with Crippen molar-refractivity contribution in [1.82, 2.24) is 4.31 Å². The van der Waals surface area contributed by atoms with Gasteiger partial charge in [-0.3, -0.25) is 0 Å². The van der Waals surface area contributed by atoms with Gasteiger partial charge in [-0.2, -0.15) is 0 Å². The number of benzene rings is 1. The standard InChI is InChI=1S/C14H23N3O3S/c1-3-20-14-10-12(4-5-13(14)15)16-11-6-8-17(9-7-11)21(2,18)19/h4-5,10-11,16H,3,6-9,15H2,1-2H3. The van der Waals surface area contributed by atoms with E-state index < -0.39 is 10.0 Å². The van der Waals surface area contributed by atoms with Gasteiger partial charge in [-0.15, -0.1) is 0 Å². The number of rotatable bonds is 5. The molecule has 0 radical (unpaired) electrons. The first-order valence-electron chi connectivity index (χ1n) is 7.14. The summed E-state index contributed by atoms with van der Waals surface area (Å²) in [6, 6.07) is 5.89. The fraction of sp³-hybridized carbons (Fsp3) is 0.571. The summed E-state index contributed by atoms with van der Waals surface area (Å²) in [5.74, 6) is 0.677. The maximum Gasteiger partial charge on any atom is 0.211 e. The quantitative estimate of drug-likeness (QED) is 0.805. The molecule has 0 aliphatic carbocycles. The van der Waals surface area contributed by atoms with Crippen molar-refractivity contribution >= 4 is 21.4 Å². The highest BCUT2D eigenvalue weighted by molar-refractivity contribution is 7.88. The summed E-state index contributed by atoms with van der Waals surface area (Å²) in [5.41, 5.74) is 7.42. The summed E-state index contributed by atoms with van der Waals surface area (Å²) in [6.07, 6.45) is 2.85. The monoisotopic (exact) mass is 313 g/mol. The molecule has 0 atom stereocenters.